The van der Waals surface area contributed by atoms with Gasteiger partial charge < -0.3 is 20.0 Å². The van der Waals surface area contributed by atoms with Crippen molar-refractivity contribution in [1.29, 1.82) is 0 Å². The topological polar surface area (TPSA) is 101 Å². The number of piperidine rings is 1. The number of aliphatic carboxylic acids is 2. The van der Waals surface area contributed by atoms with Crippen LogP contribution in [0.15, 0.2) is 84.9 Å². The number of likely N-dealkylation sites (tertiary alicyclic amines) is 1. The number of carbonyl (C=O) groups excluding carboxylic acids is 1. The molecule has 198 valence electrons. The van der Waals surface area contributed by atoms with Crippen LogP contribution in [0.3, 0.4) is 0 Å². The number of carbonyl (C=O) groups is 3. The van der Waals surface area contributed by atoms with Crippen molar-refractivity contribution in [3.05, 3.63) is 90.5 Å². The number of nitrogens with zero attached hydrogens (tertiary/aromatic N) is 3. The van der Waals surface area contributed by atoms with Gasteiger partial charge in [0.2, 0.25) is 0 Å². The number of piperazine rings is 1. The maximum Gasteiger partial charge on any atom is 0.414 e. The Labute approximate surface area is 222 Å². The van der Waals surface area contributed by atoms with E-state index in [0.29, 0.717) is 6.04 Å². The van der Waals surface area contributed by atoms with Gasteiger partial charge in [-0.05, 0) is 48.2 Å². The third kappa shape index (κ3) is 6.98. The predicted molar refractivity (Wildman–Crippen MR) is 146 cm³/mol. The molecule has 2 fully saturated rings. The molecule has 3 aromatic rings. The quantitative estimate of drug-likeness (QED) is 0.508. The number of para-hydroxylation sites is 1. The number of carboxylic acids is 2. The average molecular weight is 516 g/mol. The summed E-state index contributed by atoms with van der Waals surface area (Å²) < 4.78 is 0. The van der Waals surface area contributed by atoms with E-state index < -0.39 is 11.9 Å². The van der Waals surface area contributed by atoms with E-state index in [9.17, 15) is 4.79 Å². The summed E-state index contributed by atoms with van der Waals surface area (Å²) in [5.41, 5.74) is 4.45. The molecule has 8 heteroatoms. The van der Waals surface area contributed by atoms with Crippen molar-refractivity contribution in [3.8, 4) is 11.1 Å². The third-order valence-corrected chi connectivity index (χ3v) is 7.13. The van der Waals surface area contributed by atoms with Crippen molar-refractivity contribution in [2.75, 3.05) is 44.2 Å². The molecule has 0 bridgehead atoms. The number of carboxylic acid groups (broad SMARTS) is 2. The monoisotopic (exact) mass is 515 g/mol. The lowest BCUT2D eigenvalue weighted by molar-refractivity contribution is -0.159. The summed E-state index contributed by atoms with van der Waals surface area (Å²) >= 11 is 0. The molecule has 8 nitrogen and oxygen atoms in total. The van der Waals surface area contributed by atoms with Gasteiger partial charge in [-0.1, -0.05) is 60.7 Å². The van der Waals surface area contributed by atoms with Crippen molar-refractivity contribution < 1.29 is 24.6 Å². The van der Waals surface area contributed by atoms with Crippen molar-refractivity contribution in [1.82, 2.24) is 9.80 Å². The van der Waals surface area contributed by atoms with Crippen LogP contribution in [0.4, 0.5) is 5.69 Å². The van der Waals surface area contributed by atoms with E-state index in [1.165, 1.54) is 11.3 Å². The molecule has 2 heterocycles. The van der Waals surface area contributed by atoms with Crippen LogP contribution >= 0.6 is 0 Å². The zero-order valence-corrected chi connectivity index (χ0v) is 21.3. The summed E-state index contributed by atoms with van der Waals surface area (Å²) in [4.78, 5) is 38.4. The first-order chi connectivity index (χ1) is 18.4. The van der Waals surface area contributed by atoms with Crippen molar-refractivity contribution in [2.45, 2.75) is 18.9 Å². The van der Waals surface area contributed by atoms with Crippen LogP contribution < -0.4 is 4.90 Å². The second-order valence-corrected chi connectivity index (χ2v) is 9.44. The largest absolute Gasteiger partial charge is 0.473 e. The molecule has 0 saturated carbocycles. The van der Waals surface area contributed by atoms with Gasteiger partial charge in [-0.2, -0.15) is 0 Å². The summed E-state index contributed by atoms with van der Waals surface area (Å²) in [6.45, 7) is 6.07. The Kier molecular flexibility index (Phi) is 9.11. The average Bonchev–Trinajstić information content (AvgIpc) is 2.98. The van der Waals surface area contributed by atoms with Crippen LogP contribution in [0.2, 0.25) is 0 Å². The summed E-state index contributed by atoms with van der Waals surface area (Å²) in [7, 11) is 0. The normalized spacial score (nSPS) is 16.3. The SMILES string of the molecule is O=C(O)C(=O)O.O=C(c1ccc(-c2ccccc2)cc1)N1CCC(N2CCN(c3ccccc3)CC2)CC1. The number of hydrogen-bond acceptors (Lipinski definition) is 5. The van der Waals surface area contributed by atoms with Gasteiger partial charge in [0.1, 0.15) is 0 Å². The van der Waals surface area contributed by atoms with Crippen LogP contribution in [0.25, 0.3) is 11.1 Å². The van der Waals surface area contributed by atoms with E-state index in [1.54, 1.807) is 0 Å². The molecule has 0 aromatic heterocycles. The van der Waals surface area contributed by atoms with Crippen LogP contribution in [-0.4, -0.2) is 83.2 Å². The molecule has 2 N–H and O–H groups in total. The zero-order valence-electron chi connectivity index (χ0n) is 21.3. The van der Waals surface area contributed by atoms with Gasteiger partial charge in [-0.15, -0.1) is 0 Å². The molecule has 2 saturated heterocycles. The van der Waals surface area contributed by atoms with E-state index in [0.717, 1.165) is 63.2 Å². The van der Waals surface area contributed by atoms with Crippen LogP contribution in [0.1, 0.15) is 23.2 Å². The summed E-state index contributed by atoms with van der Waals surface area (Å²) in [6, 6.07) is 29.7. The number of amides is 1. The lowest BCUT2D eigenvalue weighted by atomic mass is 10.00. The molecule has 2 aliphatic rings. The second kappa shape index (κ2) is 12.9. The lowest BCUT2D eigenvalue weighted by Crippen LogP contribution is -2.53. The molecule has 0 aliphatic carbocycles. The maximum absolute atomic E-state index is 13.0. The number of benzene rings is 3. The van der Waals surface area contributed by atoms with Gasteiger partial charge in [0.25, 0.3) is 5.91 Å². The minimum atomic E-state index is -1.82. The molecular formula is C30H33N3O5. The van der Waals surface area contributed by atoms with Crippen LogP contribution in [-0.2, 0) is 9.59 Å². The first kappa shape index (κ1) is 26.9. The highest BCUT2D eigenvalue weighted by Gasteiger charge is 2.29. The van der Waals surface area contributed by atoms with Gasteiger partial charge in [0, 0.05) is 56.6 Å². The highest BCUT2D eigenvalue weighted by atomic mass is 16.4. The summed E-state index contributed by atoms with van der Waals surface area (Å²) in [5.74, 6) is -3.48. The highest BCUT2D eigenvalue weighted by molar-refractivity contribution is 6.27. The van der Waals surface area contributed by atoms with E-state index in [-0.39, 0.29) is 5.91 Å². The first-order valence-corrected chi connectivity index (χ1v) is 12.9. The molecule has 0 spiro atoms. The fourth-order valence-corrected chi connectivity index (χ4v) is 5.04. The maximum atomic E-state index is 13.0. The van der Waals surface area contributed by atoms with E-state index >= 15 is 0 Å². The van der Waals surface area contributed by atoms with Crippen LogP contribution in [0.5, 0.6) is 0 Å². The van der Waals surface area contributed by atoms with Gasteiger partial charge in [0.15, 0.2) is 0 Å². The Morgan fingerprint density at radius 1 is 0.605 bits per heavy atom. The minimum Gasteiger partial charge on any atom is -0.473 e. The van der Waals surface area contributed by atoms with E-state index in [4.69, 9.17) is 19.8 Å². The van der Waals surface area contributed by atoms with E-state index in [2.05, 4.69) is 64.4 Å². The van der Waals surface area contributed by atoms with Gasteiger partial charge in [-0.25, -0.2) is 9.59 Å². The Morgan fingerprint density at radius 3 is 1.63 bits per heavy atom. The number of hydrogen-bond donors (Lipinski definition) is 2. The van der Waals surface area contributed by atoms with Crippen molar-refractivity contribution in [3.63, 3.8) is 0 Å². The van der Waals surface area contributed by atoms with Gasteiger partial charge >= 0.3 is 11.9 Å². The van der Waals surface area contributed by atoms with Crippen molar-refractivity contribution in [2.24, 2.45) is 0 Å². The Bertz CT molecular complexity index is 1190. The van der Waals surface area contributed by atoms with Gasteiger partial charge in [-0.3, -0.25) is 9.69 Å². The molecule has 0 radical (unpaired) electrons. The van der Waals surface area contributed by atoms with Crippen molar-refractivity contribution >= 4 is 23.5 Å². The fourth-order valence-electron chi connectivity index (χ4n) is 5.04. The first-order valence-electron chi connectivity index (χ1n) is 12.9. The highest BCUT2D eigenvalue weighted by Crippen LogP contribution is 2.24. The summed E-state index contributed by atoms with van der Waals surface area (Å²) in [6.07, 6.45) is 2.14. The number of rotatable bonds is 4. The molecule has 3 aromatic carbocycles. The van der Waals surface area contributed by atoms with E-state index in [1.807, 2.05) is 35.2 Å². The lowest BCUT2D eigenvalue weighted by Gasteiger charge is -2.43. The number of anilines is 1. The summed E-state index contributed by atoms with van der Waals surface area (Å²) in [5, 5.41) is 14.8. The second-order valence-electron chi connectivity index (χ2n) is 9.44. The molecule has 38 heavy (non-hydrogen) atoms. The standard InChI is InChI=1S/C28H31N3O.C2H2O4/c32-28(25-13-11-24(12-14-25)23-7-3-1-4-8-23)31-17-15-27(16-18-31)30-21-19-29(20-22-30)26-9-5-2-6-10-26;3-1(4)2(5)6/h1-14,27H,15-22H2;(H,3,4)(H,5,6). The Hall–Kier alpha value is -4.17. The van der Waals surface area contributed by atoms with Gasteiger partial charge in [0.05, 0.1) is 0 Å². The molecule has 0 unspecified atom stereocenters. The molecular weight excluding hydrogens is 482 g/mol. The molecule has 1 amide bonds. The fraction of sp³-hybridized carbons (Fsp3) is 0.300. The minimum absolute atomic E-state index is 0.164. The Balaban J connectivity index is 0.000000505. The smallest absolute Gasteiger partial charge is 0.414 e. The molecule has 5 rings (SSSR count). The predicted octanol–water partition coefficient (Wildman–Crippen LogP) is 3.94. The molecule has 0 atom stereocenters. The third-order valence-electron chi connectivity index (χ3n) is 7.13. The van der Waals surface area contributed by atoms with Crippen LogP contribution in [0, 0.1) is 0 Å². The zero-order chi connectivity index (χ0) is 26.9. The Morgan fingerprint density at radius 2 is 1.11 bits per heavy atom. The molecule has 2 aliphatic heterocycles.